The van der Waals surface area contributed by atoms with Crippen molar-refractivity contribution in [3.05, 3.63) is 24.2 Å². The lowest BCUT2D eigenvalue weighted by molar-refractivity contribution is 0.150. The number of rotatable bonds is 4. The number of aromatic nitrogens is 3. The Labute approximate surface area is 137 Å². The third-order valence-corrected chi connectivity index (χ3v) is 5.06. The van der Waals surface area contributed by atoms with Crippen LogP contribution in [0.5, 0.6) is 0 Å². The van der Waals surface area contributed by atoms with Gasteiger partial charge in [-0.3, -0.25) is 4.90 Å². The van der Waals surface area contributed by atoms with Crippen molar-refractivity contribution < 1.29 is 4.74 Å². The molecule has 1 unspecified atom stereocenters. The number of pyridine rings is 1. The van der Waals surface area contributed by atoms with Gasteiger partial charge in [0.15, 0.2) is 5.65 Å². The summed E-state index contributed by atoms with van der Waals surface area (Å²) in [4.78, 5) is 14.4. The lowest BCUT2D eigenvalue weighted by Gasteiger charge is -2.32. The van der Waals surface area contributed by atoms with E-state index in [0.717, 1.165) is 75.9 Å². The van der Waals surface area contributed by atoms with Crippen molar-refractivity contribution in [3.63, 3.8) is 0 Å². The molecule has 0 saturated carbocycles. The topological polar surface area (TPSA) is 46.4 Å². The minimum Gasteiger partial charge on any atom is -0.381 e. The van der Waals surface area contributed by atoms with Crippen LogP contribution in [-0.4, -0.2) is 77.3 Å². The Balaban J connectivity index is 1.55. The van der Waals surface area contributed by atoms with Crippen molar-refractivity contribution in [3.8, 4) is 0 Å². The van der Waals surface area contributed by atoms with Crippen LogP contribution < -0.4 is 0 Å². The minimum absolute atomic E-state index is 0.414. The zero-order valence-electron chi connectivity index (χ0n) is 13.8. The van der Waals surface area contributed by atoms with Crippen LogP contribution >= 0.6 is 0 Å². The van der Waals surface area contributed by atoms with E-state index < -0.39 is 0 Å². The molecule has 6 nitrogen and oxygen atoms in total. The van der Waals surface area contributed by atoms with E-state index >= 15 is 0 Å². The summed E-state index contributed by atoms with van der Waals surface area (Å²) in [6.45, 7) is 8.28. The number of nitrogens with zero attached hydrogens (tertiary/aromatic N) is 5. The minimum atomic E-state index is 0.414. The Bertz CT molecular complexity index is 656. The third-order valence-electron chi connectivity index (χ3n) is 5.06. The summed E-state index contributed by atoms with van der Waals surface area (Å²) in [7, 11) is 2.20. The first kappa shape index (κ1) is 15.1. The van der Waals surface area contributed by atoms with Gasteiger partial charge in [-0.05, 0) is 25.6 Å². The molecule has 4 heterocycles. The van der Waals surface area contributed by atoms with Gasteiger partial charge in [-0.2, -0.15) is 0 Å². The fraction of sp³-hybridized carbons (Fsp3) is 0.647. The van der Waals surface area contributed by atoms with Crippen molar-refractivity contribution in [1.29, 1.82) is 0 Å². The van der Waals surface area contributed by atoms with Crippen LogP contribution in [0.25, 0.3) is 11.2 Å². The Morgan fingerprint density at radius 3 is 2.87 bits per heavy atom. The fourth-order valence-corrected chi connectivity index (χ4v) is 3.56. The van der Waals surface area contributed by atoms with Gasteiger partial charge in [0, 0.05) is 58.0 Å². The fourth-order valence-electron chi connectivity index (χ4n) is 3.56. The second-order valence-corrected chi connectivity index (χ2v) is 6.67. The summed E-state index contributed by atoms with van der Waals surface area (Å²) < 4.78 is 7.91. The van der Waals surface area contributed by atoms with Crippen LogP contribution in [-0.2, 0) is 11.3 Å². The van der Waals surface area contributed by atoms with E-state index in [2.05, 4.69) is 32.5 Å². The maximum absolute atomic E-state index is 5.58. The van der Waals surface area contributed by atoms with Gasteiger partial charge in [0.25, 0.3) is 0 Å². The van der Waals surface area contributed by atoms with Gasteiger partial charge in [-0.1, -0.05) is 0 Å². The first-order chi connectivity index (χ1) is 11.3. The molecule has 124 valence electrons. The predicted molar refractivity (Wildman–Crippen MR) is 89.6 cm³/mol. The smallest absolute Gasteiger partial charge is 0.160 e. The van der Waals surface area contributed by atoms with Gasteiger partial charge in [0.2, 0.25) is 0 Å². The van der Waals surface area contributed by atoms with E-state index in [9.17, 15) is 0 Å². The number of likely N-dealkylation sites (N-methyl/N-ethyl adjacent to an activating group) is 1. The van der Waals surface area contributed by atoms with Gasteiger partial charge in [-0.25, -0.2) is 9.97 Å². The summed E-state index contributed by atoms with van der Waals surface area (Å²) >= 11 is 0. The van der Waals surface area contributed by atoms with Gasteiger partial charge >= 0.3 is 0 Å². The molecule has 23 heavy (non-hydrogen) atoms. The molecular formula is C17H25N5O. The van der Waals surface area contributed by atoms with E-state index in [-0.39, 0.29) is 0 Å². The normalized spacial score (nSPS) is 23.8. The highest BCUT2D eigenvalue weighted by Crippen LogP contribution is 2.27. The summed E-state index contributed by atoms with van der Waals surface area (Å²) in [5, 5.41) is 0. The van der Waals surface area contributed by atoms with E-state index in [4.69, 9.17) is 9.72 Å². The van der Waals surface area contributed by atoms with Crippen LogP contribution in [0, 0.1) is 0 Å². The van der Waals surface area contributed by atoms with Crippen LogP contribution in [0.3, 0.4) is 0 Å². The molecule has 4 rings (SSSR count). The first-order valence-corrected chi connectivity index (χ1v) is 8.61. The molecule has 0 bridgehead atoms. The number of piperazine rings is 1. The van der Waals surface area contributed by atoms with E-state index in [0.29, 0.717) is 5.92 Å². The zero-order valence-corrected chi connectivity index (χ0v) is 13.8. The molecule has 0 N–H and O–H groups in total. The molecule has 0 spiro atoms. The van der Waals surface area contributed by atoms with Crippen LogP contribution in [0.1, 0.15) is 18.2 Å². The van der Waals surface area contributed by atoms with Crippen LogP contribution in [0.2, 0.25) is 0 Å². The molecule has 2 aromatic heterocycles. The standard InChI is InChI=1S/C17H25N5O/c1-20-6-8-21(9-7-20)10-11-22-16(14-4-12-23-13-14)19-15-3-2-5-18-17(15)22/h2-3,5,14H,4,6-13H2,1H3. The molecule has 1 atom stereocenters. The number of fused-ring (bicyclic) bond motifs is 1. The Kier molecular flexibility index (Phi) is 4.29. The predicted octanol–water partition coefficient (Wildman–Crippen LogP) is 1.18. The van der Waals surface area contributed by atoms with Gasteiger partial charge < -0.3 is 14.2 Å². The summed E-state index contributed by atoms with van der Waals surface area (Å²) in [5.41, 5.74) is 2.02. The third kappa shape index (κ3) is 3.11. The number of hydrogen-bond acceptors (Lipinski definition) is 5. The molecular weight excluding hydrogens is 290 g/mol. The van der Waals surface area contributed by atoms with Crippen molar-refractivity contribution in [2.45, 2.75) is 18.9 Å². The molecule has 2 aromatic rings. The molecule has 2 saturated heterocycles. The SMILES string of the molecule is CN1CCN(CCn2c(C3CCOC3)nc3cccnc32)CC1. The highest BCUT2D eigenvalue weighted by molar-refractivity contribution is 5.71. The van der Waals surface area contributed by atoms with Crippen molar-refractivity contribution in [2.24, 2.45) is 0 Å². The molecule has 0 amide bonds. The van der Waals surface area contributed by atoms with E-state index in [1.54, 1.807) is 0 Å². The Morgan fingerprint density at radius 1 is 1.22 bits per heavy atom. The second-order valence-electron chi connectivity index (χ2n) is 6.67. The summed E-state index contributed by atoms with van der Waals surface area (Å²) in [6, 6.07) is 4.03. The van der Waals surface area contributed by atoms with Crippen LogP contribution in [0.4, 0.5) is 0 Å². The van der Waals surface area contributed by atoms with Gasteiger partial charge in [0.1, 0.15) is 11.3 Å². The van der Waals surface area contributed by atoms with Crippen molar-refractivity contribution >= 4 is 11.2 Å². The van der Waals surface area contributed by atoms with Crippen molar-refractivity contribution in [2.75, 3.05) is 53.0 Å². The van der Waals surface area contributed by atoms with Crippen molar-refractivity contribution in [1.82, 2.24) is 24.3 Å². The first-order valence-electron chi connectivity index (χ1n) is 8.61. The molecule has 0 aliphatic carbocycles. The average molecular weight is 315 g/mol. The largest absolute Gasteiger partial charge is 0.381 e. The quantitative estimate of drug-likeness (QED) is 0.848. The lowest BCUT2D eigenvalue weighted by atomic mass is 10.1. The summed E-state index contributed by atoms with van der Waals surface area (Å²) in [6.07, 6.45) is 2.93. The second kappa shape index (κ2) is 6.55. The highest BCUT2D eigenvalue weighted by Gasteiger charge is 2.25. The zero-order chi connectivity index (χ0) is 15.6. The molecule has 6 heteroatoms. The van der Waals surface area contributed by atoms with Crippen LogP contribution in [0.15, 0.2) is 18.3 Å². The van der Waals surface area contributed by atoms with Gasteiger partial charge in [-0.15, -0.1) is 0 Å². The summed E-state index contributed by atoms with van der Waals surface area (Å²) in [5.74, 6) is 1.57. The highest BCUT2D eigenvalue weighted by atomic mass is 16.5. The molecule has 0 aromatic carbocycles. The number of hydrogen-bond donors (Lipinski definition) is 0. The molecule has 2 fully saturated rings. The number of ether oxygens (including phenoxy) is 1. The Hall–Kier alpha value is -1.50. The number of imidazole rings is 1. The molecule has 2 aliphatic heterocycles. The van der Waals surface area contributed by atoms with E-state index in [1.165, 1.54) is 0 Å². The maximum Gasteiger partial charge on any atom is 0.160 e. The molecule has 2 aliphatic rings. The average Bonchev–Trinajstić information content (AvgIpc) is 3.22. The maximum atomic E-state index is 5.58. The van der Waals surface area contributed by atoms with Gasteiger partial charge in [0.05, 0.1) is 6.61 Å². The van der Waals surface area contributed by atoms with E-state index in [1.807, 2.05) is 12.3 Å². The monoisotopic (exact) mass is 315 g/mol. The lowest BCUT2D eigenvalue weighted by Crippen LogP contribution is -2.45. The Morgan fingerprint density at radius 2 is 2.09 bits per heavy atom. The molecule has 0 radical (unpaired) electrons.